The van der Waals surface area contributed by atoms with Crippen molar-refractivity contribution in [1.29, 1.82) is 0 Å². The quantitative estimate of drug-likeness (QED) is 0.570. The second-order valence-corrected chi connectivity index (χ2v) is 10.4. The van der Waals surface area contributed by atoms with Crippen molar-refractivity contribution >= 4 is 29.2 Å². The number of piperidine rings is 1. The lowest BCUT2D eigenvalue weighted by atomic mass is 9.84. The fraction of sp³-hybridized carbons (Fsp3) is 0.600. The molecule has 3 aliphatic heterocycles. The first-order valence-corrected chi connectivity index (χ1v) is 13.1. The Balaban J connectivity index is 1.21. The SMILES string of the molecule is O=C1N(C2CCCC2)CCCC12Cc1cnc(Nc3cc(C(F)(F)F)c(N4CCNCC4)cn3)nc1N2. The summed E-state index contributed by atoms with van der Waals surface area (Å²) in [7, 11) is 0. The molecule has 3 N–H and O–H groups in total. The molecule has 0 aromatic carbocycles. The van der Waals surface area contributed by atoms with Gasteiger partial charge in [0, 0.05) is 56.9 Å². The van der Waals surface area contributed by atoms with E-state index < -0.39 is 17.3 Å². The van der Waals surface area contributed by atoms with E-state index in [-0.39, 0.29) is 23.4 Å². The molecule has 1 unspecified atom stereocenters. The molecular weight excluding hydrogens is 485 g/mol. The molecule has 4 aliphatic rings. The van der Waals surface area contributed by atoms with Crippen LogP contribution >= 0.6 is 0 Å². The summed E-state index contributed by atoms with van der Waals surface area (Å²) in [6.45, 7) is 3.00. The van der Waals surface area contributed by atoms with Gasteiger partial charge in [-0.1, -0.05) is 12.8 Å². The molecule has 5 heterocycles. The Morgan fingerprint density at radius 2 is 1.84 bits per heavy atom. The summed E-state index contributed by atoms with van der Waals surface area (Å²) in [4.78, 5) is 30.4. The third-order valence-corrected chi connectivity index (χ3v) is 8.04. The number of pyridine rings is 1. The van der Waals surface area contributed by atoms with E-state index in [1.54, 1.807) is 11.1 Å². The number of hydrogen-bond acceptors (Lipinski definition) is 8. The van der Waals surface area contributed by atoms with Crippen molar-refractivity contribution in [3.8, 4) is 0 Å². The maximum Gasteiger partial charge on any atom is 0.418 e. The Labute approximate surface area is 213 Å². The highest BCUT2D eigenvalue weighted by atomic mass is 19.4. The van der Waals surface area contributed by atoms with Gasteiger partial charge >= 0.3 is 6.18 Å². The van der Waals surface area contributed by atoms with Crippen molar-refractivity contribution in [2.45, 2.75) is 62.7 Å². The lowest BCUT2D eigenvalue weighted by Crippen LogP contribution is -2.59. The smallest absolute Gasteiger partial charge is 0.367 e. The molecule has 0 radical (unpaired) electrons. The number of rotatable bonds is 4. The minimum Gasteiger partial charge on any atom is -0.367 e. The Morgan fingerprint density at radius 3 is 2.59 bits per heavy atom. The van der Waals surface area contributed by atoms with Crippen molar-refractivity contribution in [2.24, 2.45) is 0 Å². The van der Waals surface area contributed by atoms with Crippen LogP contribution in [0.1, 0.15) is 49.7 Å². The summed E-state index contributed by atoms with van der Waals surface area (Å²) >= 11 is 0. The van der Waals surface area contributed by atoms with Gasteiger partial charge in [-0.25, -0.2) is 9.97 Å². The number of fused-ring (bicyclic) bond motifs is 1. The van der Waals surface area contributed by atoms with E-state index in [4.69, 9.17) is 0 Å². The van der Waals surface area contributed by atoms with Crippen molar-refractivity contribution in [3.05, 3.63) is 29.6 Å². The first-order chi connectivity index (χ1) is 17.8. The Kier molecular flexibility index (Phi) is 6.09. The number of nitrogens with zero attached hydrogens (tertiary/aromatic N) is 5. The van der Waals surface area contributed by atoms with E-state index in [2.05, 4.69) is 30.9 Å². The predicted octanol–water partition coefficient (Wildman–Crippen LogP) is 3.32. The van der Waals surface area contributed by atoms with Gasteiger partial charge in [-0.3, -0.25) is 4.79 Å². The number of likely N-dealkylation sites (tertiary alicyclic amines) is 1. The van der Waals surface area contributed by atoms with Crippen molar-refractivity contribution < 1.29 is 18.0 Å². The number of carbonyl (C=O) groups excluding carboxylic acids is 1. The normalized spacial score (nSPS) is 24.5. The Morgan fingerprint density at radius 1 is 1.05 bits per heavy atom. The maximum absolute atomic E-state index is 13.9. The molecule has 1 saturated carbocycles. The zero-order valence-corrected chi connectivity index (χ0v) is 20.6. The Hall–Kier alpha value is -3.15. The number of amides is 1. The molecule has 0 bridgehead atoms. The van der Waals surface area contributed by atoms with Gasteiger partial charge in [0.25, 0.3) is 0 Å². The van der Waals surface area contributed by atoms with Crippen LogP contribution in [0.5, 0.6) is 0 Å². The van der Waals surface area contributed by atoms with Crippen LogP contribution < -0.4 is 20.9 Å². The largest absolute Gasteiger partial charge is 0.418 e. The molecule has 37 heavy (non-hydrogen) atoms. The molecule has 2 saturated heterocycles. The molecule has 12 heteroatoms. The van der Waals surface area contributed by atoms with Gasteiger partial charge in [-0.05, 0) is 31.7 Å². The standard InChI is InChI=1S/C25H31F3N8O/c26-25(27,28)18-12-20(30-15-19(18)35-10-7-29-8-11-35)32-23-31-14-16-13-24(34-21(16)33-23)6-3-9-36(22(24)37)17-4-1-2-5-17/h12,14-15,17,29H,1-11,13H2,(H2,30,31,32,33,34). The fourth-order valence-electron chi connectivity index (χ4n) is 6.20. The van der Waals surface area contributed by atoms with Crippen LogP contribution in [0.4, 0.5) is 36.4 Å². The first-order valence-electron chi connectivity index (χ1n) is 13.1. The van der Waals surface area contributed by atoms with Crippen molar-refractivity contribution in [3.63, 3.8) is 0 Å². The topological polar surface area (TPSA) is 98.3 Å². The molecule has 1 atom stereocenters. The number of halogens is 3. The number of hydrogen-bond donors (Lipinski definition) is 3. The third kappa shape index (κ3) is 4.55. The number of alkyl halides is 3. The van der Waals surface area contributed by atoms with E-state index in [1.165, 1.54) is 6.20 Å². The highest BCUT2D eigenvalue weighted by Gasteiger charge is 2.50. The number of piperazine rings is 1. The molecule has 6 rings (SSSR count). The average molecular weight is 517 g/mol. The van der Waals surface area contributed by atoms with E-state index in [0.29, 0.717) is 44.5 Å². The Bertz CT molecular complexity index is 1180. The second kappa shape index (κ2) is 9.30. The summed E-state index contributed by atoms with van der Waals surface area (Å²) in [6, 6.07) is 1.32. The average Bonchev–Trinajstić information content (AvgIpc) is 3.54. The first kappa shape index (κ1) is 24.2. The van der Waals surface area contributed by atoms with Gasteiger partial charge in [0.15, 0.2) is 0 Å². The summed E-state index contributed by atoms with van der Waals surface area (Å²) in [5, 5.41) is 9.35. The lowest BCUT2D eigenvalue weighted by Gasteiger charge is -2.42. The van der Waals surface area contributed by atoms with Crippen molar-refractivity contribution in [1.82, 2.24) is 25.2 Å². The molecule has 1 aliphatic carbocycles. The molecule has 2 aromatic rings. The summed E-state index contributed by atoms with van der Waals surface area (Å²) < 4.78 is 41.7. The van der Waals surface area contributed by atoms with Gasteiger partial charge in [-0.15, -0.1) is 0 Å². The number of carbonyl (C=O) groups is 1. The van der Waals surface area contributed by atoms with Crippen LogP contribution in [0.25, 0.3) is 0 Å². The van der Waals surface area contributed by atoms with Crippen LogP contribution in [-0.4, -0.2) is 70.1 Å². The molecule has 1 amide bonds. The van der Waals surface area contributed by atoms with Gasteiger partial charge in [-0.2, -0.15) is 18.2 Å². The molecule has 1 spiro atoms. The zero-order valence-electron chi connectivity index (χ0n) is 20.6. The van der Waals surface area contributed by atoms with Crippen molar-refractivity contribution in [2.75, 3.05) is 48.3 Å². The van der Waals surface area contributed by atoms with Gasteiger partial charge < -0.3 is 25.8 Å². The van der Waals surface area contributed by atoms with E-state index >= 15 is 0 Å². The second-order valence-electron chi connectivity index (χ2n) is 10.4. The molecule has 3 fully saturated rings. The summed E-state index contributed by atoms with van der Waals surface area (Å²) in [6.07, 6.45) is 4.98. The third-order valence-electron chi connectivity index (χ3n) is 8.04. The zero-order chi connectivity index (χ0) is 25.6. The maximum atomic E-state index is 13.9. The van der Waals surface area contributed by atoms with Crippen LogP contribution in [0.2, 0.25) is 0 Å². The predicted molar refractivity (Wildman–Crippen MR) is 133 cm³/mol. The molecule has 2 aromatic heterocycles. The van der Waals surface area contributed by atoms with E-state index in [0.717, 1.165) is 56.7 Å². The van der Waals surface area contributed by atoms with Crippen LogP contribution in [-0.2, 0) is 17.4 Å². The van der Waals surface area contributed by atoms with Gasteiger partial charge in [0.05, 0.1) is 17.4 Å². The number of aromatic nitrogens is 3. The fourth-order valence-corrected chi connectivity index (χ4v) is 6.20. The minimum absolute atomic E-state index is 0.0139. The highest BCUT2D eigenvalue weighted by molar-refractivity contribution is 5.92. The molecule has 198 valence electrons. The molecular formula is C25H31F3N8O. The summed E-state index contributed by atoms with van der Waals surface area (Å²) in [5.41, 5.74) is -0.556. The highest BCUT2D eigenvalue weighted by Crippen LogP contribution is 2.41. The molecule has 9 nitrogen and oxygen atoms in total. The van der Waals surface area contributed by atoms with Gasteiger partial charge in [0.1, 0.15) is 17.2 Å². The van der Waals surface area contributed by atoms with Crippen LogP contribution in [0.3, 0.4) is 0 Å². The van der Waals surface area contributed by atoms with Gasteiger partial charge in [0.2, 0.25) is 11.9 Å². The summed E-state index contributed by atoms with van der Waals surface area (Å²) in [5.74, 6) is 0.820. The number of anilines is 4. The van der Waals surface area contributed by atoms with Crippen LogP contribution in [0, 0.1) is 0 Å². The van der Waals surface area contributed by atoms with E-state index in [9.17, 15) is 18.0 Å². The van der Waals surface area contributed by atoms with Crippen LogP contribution in [0.15, 0.2) is 18.5 Å². The van der Waals surface area contributed by atoms with E-state index in [1.807, 2.05) is 4.90 Å². The number of nitrogens with one attached hydrogen (secondary N) is 3. The minimum atomic E-state index is -4.53. The monoisotopic (exact) mass is 516 g/mol. The lowest BCUT2D eigenvalue weighted by molar-refractivity contribution is -0.141.